The SMILES string of the molecule is Cc1ccc(Nc2nccc(-c3cccnc3)n2)nc1. The molecule has 98 valence electrons. The number of aryl methyl sites for hydroxylation is 1. The van der Waals surface area contributed by atoms with Crippen LogP contribution in [0, 0.1) is 6.92 Å². The summed E-state index contributed by atoms with van der Waals surface area (Å²) < 4.78 is 0. The van der Waals surface area contributed by atoms with E-state index in [1.807, 2.05) is 37.3 Å². The number of rotatable bonds is 3. The lowest BCUT2D eigenvalue weighted by molar-refractivity contribution is 1.14. The van der Waals surface area contributed by atoms with E-state index in [1.54, 1.807) is 24.8 Å². The maximum Gasteiger partial charge on any atom is 0.228 e. The van der Waals surface area contributed by atoms with Gasteiger partial charge < -0.3 is 5.32 Å². The summed E-state index contributed by atoms with van der Waals surface area (Å²) in [5.41, 5.74) is 2.89. The fourth-order valence-electron chi connectivity index (χ4n) is 1.75. The summed E-state index contributed by atoms with van der Waals surface area (Å²) in [6.45, 7) is 2.00. The molecule has 0 aliphatic rings. The highest BCUT2D eigenvalue weighted by Gasteiger charge is 2.03. The Bertz CT molecular complexity index is 695. The van der Waals surface area contributed by atoms with E-state index in [9.17, 15) is 0 Å². The molecule has 3 aromatic rings. The molecular weight excluding hydrogens is 250 g/mol. The van der Waals surface area contributed by atoms with Gasteiger partial charge in [0.2, 0.25) is 5.95 Å². The molecule has 0 atom stereocenters. The quantitative estimate of drug-likeness (QED) is 0.787. The molecule has 0 spiro atoms. The maximum absolute atomic E-state index is 4.46. The highest BCUT2D eigenvalue weighted by atomic mass is 15.1. The van der Waals surface area contributed by atoms with Crippen LogP contribution in [0.15, 0.2) is 55.1 Å². The first kappa shape index (κ1) is 12.2. The fourth-order valence-corrected chi connectivity index (χ4v) is 1.75. The van der Waals surface area contributed by atoms with Gasteiger partial charge in [-0.05, 0) is 36.8 Å². The fraction of sp³-hybridized carbons (Fsp3) is 0.0667. The first-order valence-corrected chi connectivity index (χ1v) is 6.24. The molecule has 1 N–H and O–H groups in total. The van der Waals surface area contributed by atoms with Gasteiger partial charge in [-0.1, -0.05) is 6.07 Å². The van der Waals surface area contributed by atoms with Gasteiger partial charge in [0.25, 0.3) is 0 Å². The standard InChI is InChI=1S/C15H13N5/c1-11-4-5-14(18-9-11)20-15-17-8-6-13(19-15)12-3-2-7-16-10-12/h2-10H,1H3,(H,17,18,19,20). The first-order valence-electron chi connectivity index (χ1n) is 6.24. The molecule has 0 amide bonds. The molecule has 3 rings (SSSR count). The summed E-state index contributed by atoms with van der Waals surface area (Å²) in [6, 6.07) is 9.58. The van der Waals surface area contributed by atoms with E-state index in [-0.39, 0.29) is 0 Å². The number of nitrogens with zero attached hydrogens (tertiary/aromatic N) is 4. The average Bonchev–Trinajstić information content (AvgIpc) is 2.51. The molecule has 0 unspecified atom stereocenters. The van der Waals surface area contributed by atoms with E-state index >= 15 is 0 Å². The van der Waals surface area contributed by atoms with Crippen LogP contribution in [0.25, 0.3) is 11.3 Å². The molecule has 0 bridgehead atoms. The number of hydrogen-bond acceptors (Lipinski definition) is 5. The number of nitrogens with one attached hydrogen (secondary N) is 1. The molecule has 3 aromatic heterocycles. The van der Waals surface area contributed by atoms with Crippen LogP contribution >= 0.6 is 0 Å². The van der Waals surface area contributed by atoms with Gasteiger partial charge in [0.05, 0.1) is 5.69 Å². The molecule has 3 heterocycles. The Morgan fingerprint density at radius 2 is 1.90 bits per heavy atom. The predicted octanol–water partition coefficient (Wildman–Crippen LogP) is 2.99. The monoisotopic (exact) mass is 263 g/mol. The van der Waals surface area contributed by atoms with Gasteiger partial charge in [0.1, 0.15) is 5.82 Å². The predicted molar refractivity (Wildman–Crippen MR) is 77.5 cm³/mol. The number of aromatic nitrogens is 4. The summed E-state index contributed by atoms with van der Waals surface area (Å²) in [4.78, 5) is 17.0. The molecule has 0 radical (unpaired) electrons. The van der Waals surface area contributed by atoms with Crippen molar-refractivity contribution >= 4 is 11.8 Å². The molecule has 20 heavy (non-hydrogen) atoms. The van der Waals surface area contributed by atoms with Crippen LogP contribution in [-0.4, -0.2) is 19.9 Å². The van der Waals surface area contributed by atoms with E-state index in [1.165, 1.54) is 0 Å². The zero-order valence-electron chi connectivity index (χ0n) is 11.0. The second kappa shape index (κ2) is 5.44. The van der Waals surface area contributed by atoms with Crippen molar-refractivity contribution in [1.82, 2.24) is 19.9 Å². The summed E-state index contributed by atoms with van der Waals surface area (Å²) in [6.07, 6.45) is 7.02. The van der Waals surface area contributed by atoms with Crippen molar-refractivity contribution in [2.75, 3.05) is 5.32 Å². The van der Waals surface area contributed by atoms with Crippen molar-refractivity contribution in [2.45, 2.75) is 6.92 Å². The Labute approximate surface area is 116 Å². The molecule has 0 saturated carbocycles. The van der Waals surface area contributed by atoms with Crippen molar-refractivity contribution in [3.8, 4) is 11.3 Å². The molecule has 0 aliphatic carbocycles. The summed E-state index contributed by atoms with van der Waals surface area (Å²) in [5, 5.41) is 3.09. The molecule has 0 aliphatic heterocycles. The molecule has 0 saturated heterocycles. The van der Waals surface area contributed by atoms with E-state index in [0.717, 1.165) is 22.6 Å². The van der Waals surface area contributed by atoms with Crippen molar-refractivity contribution in [3.05, 3.63) is 60.7 Å². The molecule has 5 nitrogen and oxygen atoms in total. The van der Waals surface area contributed by atoms with Crippen molar-refractivity contribution in [3.63, 3.8) is 0 Å². The lowest BCUT2D eigenvalue weighted by atomic mass is 10.2. The van der Waals surface area contributed by atoms with Gasteiger partial charge in [-0.15, -0.1) is 0 Å². The Kier molecular flexibility index (Phi) is 3.33. The third-order valence-corrected chi connectivity index (χ3v) is 2.76. The molecule has 5 heteroatoms. The van der Waals surface area contributed by atoms with Crippen LogP contribution in [0.4, 0.5) is 11.8 Å². The Morgan fingerprint density at radius 3 is 2.65 bits per heavy atom. The molecular formula is C15H13N5. The minimum absolute atomic E-state index is 0.516. The largest absolute Gasteiger partial charge is 0.309 e. The second-order valence-corrected chi connectivity index (χ2v) is 4.35. The van der Waals surface area contributed by atoms with Crippen LogP contribution in [0.2, 0.25) is 0 Å². The highest BCUT2D eigenvalue weighted by molar-refractivity contribution is 5.59. The Morgan fingerprint density at radius 1 is 0.950 bits per heavy atom. The van der Waals surface area contributed by atoms with E-state index in [2.05, 4.69) is 25.3 Å². The number of hydrogen-bond donors (Lipinski definition) is 1. The average molecular weight is 263 g/mol. The second-order valence-electron chi connectivity index (χ2n) is 4.35. The van der Waals surface area contributed by atoms with Gasteiger partial charge in [-0.3, -0.25) is 4.98 Å². The third kappa shape index (κ3) is 2.77. The molecule has 0 aromatic carbocycles. The van der Waals surface area contributed by atoms with Crippen molar-refractivity contribution in [2.24, 2.45) is 0 Å². The lowest BCUT2D eigenvalue weighted by Gasteiger charge is -2.05. The zero-order valence-corrected chi connectivity index (χ0v) is 11.0. The van der Waals surface area contributed by atoms with E-state index in [4.69, 9.17) is 0 Å². The van der Waals surface area contributed by atoms with Crippen LogP contribution in [-0.2, 0) is 0 Å². The van der Waals surface area contributed by atoms with E-state index < -0.39 is 0 Å². The third-order valence-electron chi connectivity index (χ3n) is 2.76. The minimum atomic E-state index is 0.516. The number of pyridine rings is 2. The summed E-state index contributed by atoms with van der Waals surface area (Å²) in [5.74, 6) is 1.24. The van der Waals surface area contributed by atoms with Crippen LogP contribution in [0.1, 0.15) is 5.56 Å². The first-order chi connectivity index (χ1) is 9.81. The smallest absolute Gasteiger partial charge is 0.228 e. The summed E-state index contributed by atoms with van der Waals surface area (Å²) >= 11 is 0. The Balaban J connectivity index is 1.86. The number of anilines is 2. The summed E-state index contributed by atoms with van der Waals surface area (Å²) in [7, 11) is 0. The van der Waals surface area contributed by atoms with Crippen LogP contribution in [0.5, 0.6) is 0 Å². The minimum Gasteiger partial charge on any atom is -0.309 e. The topological polar surface area (TPSA) is 63.6 Å². The van der Waals surface area contributed by atoms with Crippen molar-refractivity contribution in [1.29, 1.82) is 0 Å². The normalized spacial score (nSPS) is 10.2. The van der Waals surface area contributed by atoms with Crippen molar-refractivity contribution < 1.29 is 0 Å². The van der Waals surface area contributed by atoms with Gasteiger partial charge >= 0.3 is 0 Å². The molecule has 0 fully saturated rings. The van der Waals surface area contributed by atoms with Gasteiger partial charge in [-0.25, -0.2) is 15.0 Å². The van der Waals surface area contributed by atoms with Gasteiger partial charge in [0.15, 0.2) is 0 Å². The zero-order chi connectivity index (χ0) is 13.8. The lowest BCUT2D eigenvalue weighted by Crippen LogP contribution is -1.99. The van der Waals surface area contributed by atoms with Crippen LogP contribution in [0.3, 0.4) is 0 Å². The van der Waals surface area contributed by atoms with E-state index in [0.29, 0.717) is 5.95 Å². The Hall–Kier alpha value is -2.82. The van der Waals surface area contributed by atoms with Gasteiger partial charge in [-0.2, -0.15) is 0 Å². The maximum atomic E-state index is 4.46. The highest BCUT2D eigenvalue weighted by Crippen LogP contribution is 2.17. The van der Waals surface area contributed by atoms with Gasteiger partial charge in [0, 0.05) is 30.4 Å². The van der Waals surface area contributed by atoms with Crippen LogP contribution < -0.4 is 5.32 Å².